The van der Waals surface area contributed by atoms with Crippen LogP contribution in [-0.2, 0) is 0 Å². The van der Waals surface area contributed by atoms with E-state index in [4.69, 9.17) is 9.84 Å². The molecule has 2 heterocycles. The van der Waals surface area contributed by atoms with Gasteiger partial charge in [0, 0.05) is 0 Å². The Morgan fingerprint density at radius 3 is 2.43 bits per heavy atom. The third kappa shape index (κ3) is 3.39. The summed E-state index contributed by atoms with van der Waals surface area (Å²) in [6.45, 7) is 6.00. The van der Waals surface area contributed by atoms with Crippen LogP contribution in [0.3, 0.4) is 0 Å². The molecule has 0 spiro atoms. The van der Waals surface area contributed by atoms with Crippen molar-refractivity contribution < 1.29 is 9.53 Å². The Bertz CT molecular complexity index is 1220. The Labute approximate surface area is 174 Å². The van der Waals surface area contributed by atoms with Crippen LogP contribution < -0.4 is 10.1 Å². The van der Waals surface area contributed by atoms with Crippen molar-refractivity contribution >= 4 is 17.2 Å². The smallest absolute Gasteiger partial charge is 0.278 e. The lowest BCUT2D eigenvalue weighted by atomic mass is 10.00. The average Bonchev–Trinajstić information content (AvgIpc) is 3.16. The first kappa shape index (κ1) is 19.6. The van der Waals surface area contributed by atoms with E-state index < -0.39 is 0 Å². The number of carbonyl (C=O) groups is 1. The van der Waals surface area contributed by atoms with Crippen LogP contribution >= 0.6 is 0 Å². The van der Waals surface area contributed by atoms with E-state index in [0.717, 1.165) is 16.8 Å². The molecule has 30 heavy (non-hydrogen) atoms. The van der Waals surface area contributed by atoms with Gasteiger partial charge in [0.2, 0.25) is 0 Å². The van der Waals surface area contributed by atoms with Gasteiger partial charge in [-0.15, -0.1) is 10.2 Å². The molecule has 0 bridgehead atoms. The zero-order chi connectivity index (χ0) is 21.3. The molecule has 152 valence electrons. The maximum Gasteiger partial charge on any atom is 0.278 e. The molecule has 0 radical (unpaired) electrons. The molecule has 7 nitrogen and oxygen atoms in total. The van der Waals surface area contributed by atoms with Crippen LogP contribution in [0.4, 0.5) is 5.69 Å². The van der Waals surface area contributed by atoms with Crippen molar-refractivity contribution in [1.29, 1.82) is 0 Å². The van der Waals surface area contributed by atoms with Gasteiger partial charge in [-0.25, -0.2) is 4.52 Å². The molecule has 0 aliphatic rings. The summed E-state index contributed by atoms with van der Waals surface area (Å²) in [7, 11) is 1.56. The van der Waals surface area contributed by atoms with E-state index in [1.54, 1.807) is 23.8 Å². The van der Waals surface area contributed by atoms with Crippen LogP contribution in [0.5, 0.6) is 5.75 Å². The first-order chi connectivity index (χ1) is 14.5. The number of hydrogen-bond acceptors (Lipinski definition) is 5. The number of methoxy groups -OCH3 is 1. The summed E-state index contributed by atoms with van der Waals surface area (Å²) in [5, 5.41) is 16.3. The fourth-order valence-corrected chi connectivity index (χ4v) is 3.45. The monoisotopic (exact) mass is 401 g/mol. The maximum atomic E-state index is 12.9. The van der Waals surface area contributed by atoms with Gasteiger partial charge >= 0.3 is 0 Å². The second kappa shape index (κ2) is 7.94. The van der Waals surface area contributed by atoms with Crippen LogP contribution in [-0.4, -0.2) is 32.8 Å². The van der Waals surface area contributed by atoms with Gasteiger partial charge in [0.25, 0.3) is 5.91 Å². The van der Waals surface area contributed by atoms with Gasteiger partial charge in [-0.3, -0.25) is 4.79 Å². The Balaban J connectivity index is 1.81. The van der Waals surface area contributed by atoms with Crippen LogP contribution in [0.1, 0.15) is 41.6 Å². The largest absolute Gasteiger partial charge is 0.495 e. The van der Waals surface area contributed by atoms with Gasteiger partial charge in [0.1, 0.15) is 5.75 Å². The molecule has 0 saturated carbocycles. The van der Waals surface area contributed by atoms with Crippen molar-refractivity contribution in [3.8, 4) is 16.9 Å². The van der Waals surface area contributed by atoms with Crippen molar-refractivity contribution in [3.63, 3.8) is 0 Å². The third-order valence-corrected chi connectivity index (χ3v) is 4.97. The van der Waals surface area contributed by atoms with Crippen LogP contribution in [0.2, 0.25) is 0 Å². The zero-order valence-electron chi connectivity index (χ0n) is 17.4. The topological polar surface area (TPSA) is 81.4 Å². The molecule has 4 aromatic rings. The fraction of sp³-hybridized carbons (Fsp3) is 0.217. The molecule has 0 saturated heterocycles. The number of hydrogen-bond donors (Lipinski definition) is 1. The first-order valence-corrected chi connectivity index (χ1v) is 9.77. The molecule has 0 atom stereocenters. The lowest BCUT2D eigenvalue weighted by molar-refractivity contribution is 0.101. The molecule has 1 N–H and O–H groups in total. The van der Waals surface area contributed by atoms with Crippen molar-refractivity contribution in [3.05, 3.63) is 71.7 Å². The molecular formula is C23H23N5O2. The molecule has 0 unspecified atom stereocenters. The summed E-state index contributed by atoms with van der Waals surface area (Å²) in [6.07, 6.45) is 0. The number of nitrogens with zero attached hydrogens (tertiary/aromatic N) is 4. The van der Waals surface area contributed by atoms with E-state index in [1.807, 2.05) is 49.4 Å². The second-order valence-corrected chi connectivity index (χ2v) is 7.30. The molecular weight excluding hydrogens is 378 g/mol. The summed E-state index contributed by atoms with van der Waals surface area (Å²) in [4.78, 5) is 12.9. The molecule has 0 fully saturated rings. The van der Waals surface area contributed by atoms with Gasteiger partial charge < -0.3 is 10.1 Å². The van der Waals surface area contributed by atoms with Gasteiger partial charge in [0.05, 0.1) is 29.7 Å². The molecule has 4 rings (SSSR count). The highest BCUT2D eigenvalue weighted by atomic mass is 16.5. The first-order valence-electron chi connectivity index (χ1n) is 9.77. The van der Waals surface area contributed by atoms with E-state index in [9.17, 15) is 4.79 Å². The normalized spacial score (nSPS) is 11.1. The van der Waals surface area contributed by atoms with Gasteiger partial charge in [-0.1, -0.05) is 56.3 Å². The zero-order valence-corrected chi connectivity index (χ0v) is 17.4. The molecule has 1 amide bonds. The number of anilines is 1. The average molecular weight is 401 g/mol. The second-order valence-electron chi connectivity index (χ2n) is 7.30. The summed E-state index contributed by atoms with van der Waals surface area (Å²) in [5.41, 5.74) is 4.92. The van der Waals surface area contributed by atoms with E-state index in [2.05, 4.69) is 29.4 Å². The number of fused-ring (bicyclic) bond motifs is 1. The number of nitrogens with one attached hydrogen (secondary N) is 1. The van der Waals surface area contributed by atoms with Gasteiger partial charge in [0.15, 0.2) is 11.3 Å². The Morgan fingerprint density at radius 2 is 1.73 bits per heavy atom. The minimum absolute atomic E-state index is 0.187. The van der Waals surface area contributed by atoms with Crippen LogP contribution in [0.25, 0.3) is 16.8 Å². The highest BCUT2D eigenvalue weighted by Crippen LogP contribution is 2.32. The number of aryl methyl sites for hydroxylation is 1. The minimum Gasteiger partial charge on any atom is -0.495 e. The molecule has 2 aromatic carbocycles. The maximum absolute atomic E-state index is 12.9. The number of carbonyl (C=O) groups excluding carboxylic acids is 1. The standard InChI is InChI=1S/C23H23N5O2/c1-14(2)20-19(16-10-6-5-7-11-16)22-26-25-21(15(3)28(22)27-20)23(29)24-17-12-8-9-13-18(17)30-4/h5-14H,1-4H3,(H,24,29). The molecule has 2 aromatic heterocycles. The fourth-order valence-electron chi connectivity index (χ4n) is 3.45. The minimum atomic E-state index is -0.366. The lowest BCUT2D eigenvalue weighted by Crippen LogP contribution is -2.19. The SMILES string of the molecule is COc1ccccc1NC(=O)c1nnc2c(-c3ccccc3)c(C(C)C)nn2c1C. The predicted molar refractivity (Wildman–Crippen MR) is 116 cm³/mol. The number of ether oxygens (including phenoxy) is 1. The van der Waals surface area contributed by atoms with Gasteiger partial charge in [-0.2, -0.15) is 5.10 Å². The number of rotatable bonds is 5. The number of para-hydroxylation sites is 2. The summed E-state index contributed by atoms with van der Waals surface area (Å²) in [5.74, 6) is 0.395. The van der Waals surface area contributed by atoms with E-state index in [0.29, 0.717) is 22.8 Å². The Kier molecular flexibility index (Phi) is 5.18. The highest BCUT2D eigenvalue weighted by Gasteiger charge is 2.23. The van der Waals surface area contributed by atoms with E-state index >= 15 is 0 Å². The lowest BCUT2D eigenvalue weighted by Gasteiger charge is -2.10. The van der Waals surface area contributed by atoms with Gasteiger partial charge in [-0.05, 0) is 30.5 Å². The van der Waals surface area contributed by atoms with Crippen molar-refractivity contribution in [1.82, 2.24) is 19.8 Å². The highest BCUT2D eigenvalue weighted by molar-refractivity contribution is 6.04. The van der Waals surface area contributed by atoms with Crippen molar-refractivity contribution in [2.75, 3.05) is 12.4 Å². The Hall–Kier alpha value is -3.74. The molecule has 0 aliphatic carbocycles. The van der Waals surface area contributed by atoms with Crippen molar-refractivity contribution in [2.45, 2.75) is 26.7 Å². The molecule has 7 heteroatoms. The predicted octanol–water partition coefficient (Wildman–Crippen LogP) is 4.48. The summed E-state index contributed by atoms with van der Waals surface area (Å²) < 4.78 is 7.02. The number of amides is 1. The van der Waals surface area contributed by atoms with E-state index in [1.165, 1.54) is 0 Å². The third-order valence-electron chi connectivity index (χ3n) is 4.97. The Morgan fingerprint density at radius 1 is 1.03 bits per heavy atom. The quantitative estimate of drug-likeness (QED) is 0.533. The summed E-state index contributed by atoms with van der Waals surface area (Å²) >= 11 is 0. The number of benzene rings is 2. The number of aromatic nitrogens is 4. The molecule has 0 aliphatic heterocycles. The van der Waals surface area contributed by atoms with Crippen LogP contribution in [0, 0.1) is 6.92 Å². The van der Waals surface area contributed by atoms with Crippen molar-refractivity contribution in [2.24, 2.45) is 0 Å². The van der Waals surface area contributed by atoms with E-state index in [-0.39, 0.29) is 17.5 Å². The summed E-state index contributed by atoms with van der Waals surface area (Å²) in [6, 6.07) is 17.2. The van der Waals surface area contributed by atoms with Crippen LogP contribution in [0.15, 0.2) is 54.6 Å².